The van der Waals surface area contributed by atoms with Crippen molar-refractivity contribution in [3.63, 3.8) is 0 Å². The Labute approximate surface area is 176 Å². The predicted octanol–water partition coefficient (Wildman–Crippen LogP) is 9.01. The summed E-state index contributed by atoms with van der Waals surface area (Å²) in [7, 11) is 0. The summed E-state index contributed by atoms with van der Waals surface area (Å²) in [4.78, 5) is 7.60. The first-order valence-electron chi connectivity index (χ1n) is 10.3. The third-order valence-electron chi connectivity index (χ3n) is 2.66. The van der Waals surface area contributed by atoms with Crippen LogP contribution in [0.1, 0.15) is 80.6 Å². The van der Waals surface area contributed by atoms with E-state index in [4.69, 9.17) is 0 Å². The third-order valence-corrected chi connectivity index (χ3v) is 2.66. The highest BCUT2D eigenvalue weighted by Gasteiger charge is 2.01. The molecular weight excluding hydrogens is 340 g/mol. The maximum atomic E-state index is 4.36. The Kier molecular flexibility index (Phi) is 41.8. The van der Waals surface area contributed by atoms with Gasteiger partial charge in [-0.25, -0.2) is 4.98 Å². The van der Waals surface area contributed by atoms with Crippen molar-refractivity contribution in [1.29, 1.82) is 0 Å². The van der Waals surface area contributed by atoms with E-state index in [1.54, 1.807) is 12.2 Å². The second kappa shape index (κ2) is 32.2. The van der Waals surface area contributed by atoms with E-state index in [1.807, 2.05) is 62.3 Å². The first-order chi connectivity index (χ1) is 13.6. The molecule has 0 aliphatic heterocycles. The van der Waals surface area contributed by atoms with E-state index in [2.05, 4.69) is 74.1 Å². The number of rotatable bonds is 2. The molecular formula is C26H46N2. The van der Waals surface area contributed by atoms with E-state index < -0.39 is 0 Å². The molecule has 0 aliphatic carbocycles. The molecule has 0 atom stereocenters. The van der Waals surface area contributed by atoms with Crippen LogP contribution in [0.5, 0.6) is 0 Å². The summed E-state index contributed by atoms with van der Waals surface area (Å²) < 4.78 is 0. The molecule has 0 unspecified atom stereocenters. The molecule has 0 saturated heterocycles. The van der Waals surface area contributed by atoms with Crippen molar-refractivity contribution >= 4 is 16.6 Å². The molecule has 0 radical (unpaired) electrons. The fraction of sp³-hybridized carbons (Fsp3) is 0.423. The van der Waals surface area contributed by atoms with Crippen molar-refractivity contribution < 1.29 is 0 Å². The van der Waals surface area contributed by atoms with Crippen molar-refractivity contribution in [3.05, 3.63) is 61.0 Å². The van der Waals surface area contributed by atoms with Crippen molar-refractivity contribution in [2.75, 3.05) is 0 Å². The number of aromatic nitrogens is 2. The highest BCUT2D eigenvalue weighted by molar-refractivity contribution is 5.80. The number of terminal acetylenes is 1. The average molecular weight is 387 g/mol. The van der Waals surface area contributed by atoms with Gasteiger partial charge >= 0.3 is 0 Å². The largest absolute Gasteiger partial charge is 0.342 e. The molecule has 2 nitrogen and oxygen atoms in total. The van der Waals surface area contributed by atoms with Gasteiger partial charge in [0.25, 0.3) is 0 Å². The van der Waals surface area contributed by atoms with Crippen LogP contribution in [0, 0.1) is 19.8 Å². The quantitative estimate of drug-likeness (QED) is 0.405. The molecule has 0 saturated carbocycles. The van der Waals surface area contributed by atoms with Crippen LogP contribution in [-0.4, -0.2) is 9.97 Å². The van der Waals surface area contributed by atoms with Gasteiger partial charge < -0.3 is 4.98 Å². The maximum absolute atomic E-state index is 4.36. The monoisotopic (exact) mass is 386 g/mol. The van der Waals surface area contributed by atoms with Crippen LogP contribution in [0.15, 0.2) is 49.6 Å². The smallest absolute Gasteiger partial charge is 0.104 e. The van der Waals surface area contributed by atoms with Crippen molar-refractivity contribution in [2.45, 2.75) is 76.2 Å². The zero-order valence-corrected chi connectivity index (χ0v) is 20.5. The molecule has 0 spiro atoms. The molecule has 0 fully saturated rings. The number of benzene rings is 1. The molecule has 1 heterocycles. The number of aromatic amines is 1. The lowest BCUT2D eigenvalue weighted by atomic mass is 10.1. The number of hydrogen-bond donors (Lipinski definition) is 1. The molecule has 28 heavy (non-hydrogen) atoms. The van der Waals surface area contributed by atoms with Gasteiger partial charge in [0.15, 0.2) is 0 Å². The van der Waals surface area contributed by atoms with Gasteiger partial charge in [-0.3, -0.25) is 0 Å². The number of imidazole rings is 1. The second-order valence-electron chi connectivity index (χ2n) is 4.00. The molecule has 2 aromatic rings. The van der Waals surface area contributed by atoms with Crippen LogP contribution < -0.4 is 0 Å². The standard InChI is InChI=1S/C12H14N2.C4H6.4C2H6.C2H2/c1-4-8(2)10-5-6-11-12(7-10)14-9(3)13-11;1-3-4-2;5*1-2/h4-7H,1-3H3,(H,13,14);3-4H,1-2H2;4*1-2H3;1-2H/b8-4+;;;;;;. The Balaban J connectivity index is -0.000000106. The van der Waals surface area contributed by atoms with Gasteiger partial charge in [-0.05, 0) is 44.0 Å². The van der Waals surface area contributed by atoms with E-state index in [-0.39, 0.29) is 0 Å². The highest BCUT2D eigenvalue weighted by Crippen LogP contribution is 2.19. The lowest BCUT2D eigenvalue weighted by Crippen LogP contribution is -1.79. The summed E-state index contributed by atoms with van der Waals surface area (Å²) in [5.41, 5.74) is 4.69. The summed E-state index contributed by atoms with van der Waals surface area (Å²) >= 11 is 0. The average Bonchev–Trinajstić information content (AvgIpc) is 3.19. The van der Waals surface area contributed by atoms with Crippen LogP contribution in [-0.2, 0) is 0 Å². The molecule has 2 heteroatoms. The molecule has 1 aromatic heterocycles. The number of aryl methyl sites for hydroxylation is 1. The van der Waals surface area contributed by atoms with Crippen LogP contribution in [0.2, 0.25) is 0 Å². The van der Waals surface area contributed by atoms with E-state index in [0.29, 0.717) is 0 Å². The minimum Gasteiger partial charge on any atom is -0.342 e. The Hall–Kier alpha value is -2.53. The molecule has 2 rings (SSSR count). The number of hydrogen-bond acceptors (Lipinski definition) is 1. The number of H-pyrrole nitrogens is 1. The zero-order valence-electron chi connectivity index (χ0n) is 20.5. The van der Waals surface area contributed by atoms with Gasteiger partial charge in [-0.2, -0.15) is 0 Å². The molecule has 1 N–H and O–H groups in total. The van der Waals surface area contributed by atoms with Gasteiger partial charge in [0, 0.05) is 0 Å². The molecule has 0 amide bonds. The minimum atomic E-state index is 0.968. The lowest BCUT2D eigenvalue weighted by molar-refractivity contribution is 1.17. The third kappa shape index (κ3) is 18.3. The summed E-state index contributed by atoms with van der Waals surface area (Å²) in [6.45, 7) is 28.9. The molecule has 160 valence electrons. The number of nitrogens with zero attached hydrogens (tertiary/aromatic N) is 1. The second-order valence-corrected chi connectivity index (χ2v) is 4.00. The van der Waals surface area contributed by atoms with Crippen molar-refractivity contribution in [3.8, 4) is 12.8 Å². The molecule has 1 aromatic carbocycles. The summed E-state index contributed by atoms with van der Waals surface area (Å²) in [6, 6.07) is 6.31. The minimum absolute atomic E-state index is 0.968. The SMILES string of the molecule is C#C.C/C=C(\C)c1ccc2nc(C)[nH]c2c1.C=CC=C.CC.CC.CC.CC. The highest BCUT2D eigenvalue weighted by atomic mass is 14.9. The fourth-order valence-corrected chi connectivity index (χ4v) is 1.55. The summed E-state index contributed by atoms with van der Waals surface area (Å²) in [5, 5.41) is 0. The fourth-order valence-electron chi connectivity index (χ4n) is 1.55. The van der Waals surface area contributed by atoms with Gasteiger partial charge in [-0.1, -0.05) is 92.8 Å². The topological polar surface area (TPSA) is 28.7 Å². The predicted molar refractivity (Wildman–Crippen MR) is 136 cm³/mol. The van der Waals surface area contributed by atoms with Crippen molar-refractivity contribution in [1.82, 2.24) is 9.97 Å². The van der Waals surface area contributed by atoms with Gasteiger partial charge in [0.1, 0.15) is 5.82 Å². The Morgan fingerprint density at radius 2 is 1.36 bits per heavy atom. The summed E-state index contributed by atoms with van der Waals surface area (Å²) in [5.74, 6) is 0.968. The number of fused-ring (bicyclic) bond motifs is 1. The maximum Gasteiger partial charge on any atom is 0.104 e. The lowest BCUT2D eigenvalue weighted by Gasteiger charge is -1.99. The Morgan fingerprint density at radius 3 is 1.71 bits per heavy atom. The Morgan fingerprint density at radius 1 is 0.929 bits per heavy atom. The normalized spacial score (nSPS) is 7.82. The van der Waals surface area contributed by atoms with Crippen LogP contribution in [0.4, 0.5) is 0 Å². The van der Waals surface area contributed by atoms with E-state index in [9.17, 15) is 0 Å². The van der Waals surface area contributed by atoms with E-state index in [0.717, 1.165) is 16.9 Å². The van der Waals surface area contributed by atoms with Crippen LogP contribution >= 0.6 is 0 Å². The van der Waals surface area contributed by atoms with Gasteiger partial charge in [0.05, 0.1) is 11.0 Å². The first kappa shape index (κ1) is 36.4. The number of allylic oxidation sites excluding steroid dienone is 4. The zero-order chi connectivity index (χ0) is 23.5. The molecule has 0 aliphatic rings. The first-order valence-corrected chi connectivity index (χ1v) is 10.3. The van der Waals surface area contributed by atoms with Gasteiger partial charge in [0.2, 0.25) is 0 Å². The van der Waals surface area contributed by atoms with Crippen LogP contribution in [0.3, 0.4) is 0 Å². The molecule has 0 bridgehead atoms. The Bertz CT molecular complexity index is 608. The van der Waals surface area contributed by atoms with Crippen LogP contribution in [0.25, 0.3) is 16.6 Å². The van der Waals surface area contributed by atoms with E-state index in [1.165, 1.54) is 11.1 Å². The van der Waals surface area contributed by atoms with Gasteiger partial charge in [-0.15, -0.1) is 12.8 Å². The number of nitrogens with one attached hydrogen (secondary N) is 1. The van der Waals surface area contributed by atoms with E-state index >= 15 is 0 Å². The van der Waals surface area contributed by atoms with Crippen molar-refractivity contribution in [2.24, 2.45) is 0 Å². The summed E-state index contributed by atoms with van der Waals surface area (Å²) in [6.07, 6.45) is 13.4.